The monoisotopic (exact) mass is 205 g/mol. The number of fused-ring (bicyclic) bond motifs is 1. The van der Waals surface area contributed by atoms with Crippen LogP contribution in [-0.2, 0) is 13.6 Å². The highest BCUT2D eigenvalue weighted by Crippen LogP contribution is 2.21. The lowest BCUT2D eigenvalue weighted by molar-refractivity contribution is 0.0698. The lowest BCUT2D eigenvalue weighted by atomic mass is 10.1. The van der Waals surface area contributed by atoms with Gasteiger partial charge in [-0.25, -0.2) is 4.79 Å². The zero-order valence-corrected chi connectivity index (χ0v) is 8.27. The third-order valence-corrected chi connectivity index (χ3v) is 2.37. The molecule has 0 fully saturated rings. The first-order valence-corrected chi connectivity index (χ1v) is 4.53. The summed E-state index contributed by atoms with van der Waals surface area (Å²) in [6.45, 7) is 0.306. The predicted molar refractivity (Wildman–Crippen MR) is 55.6 cm³/mol. The van der Waals surface area contributed by atoms with E-state index < -0.39 is 5.97 Å². The normalized spacial score (nSPS) is 10.8. The number of nitrogens with two attached hydrogens (primary N) is 1. The zero-order valence-electron chi connectivity index (χ0n) is 8.27. The van der Waals surface area contributed by atoms with Gasteiger partial charge in [-0.15, -0.1) is 0 Å². The van der Waals surface area contributed by atoms with E-state index >= 15 is 0 Å². The number of aromatic carboxylic acids is 1. The van der Waals surface area contributed by atoms with Crippen LogP contribution >= 0.6 is 0 Å². The highest BCUT2D eigenvalue weighted by atomic mass is 16.4. The van der Waals surface area contributed by atoms with Crippen LogP contribution in [0.4, 0.5) is 0 Å². The second-order valence-corrected chi connectivity index (χ2v) is 3.28. The Labute approximate surface area is 86.1 Å². The van der Waals surface area contributed by atoms with Crippen LogP contribution in [0.5, 0.6) is 0 Å². The highest BCUT2D eigenvalue weighted by Gasteiger charge is 2.14. The molecule has 15 heavy (non-hydrogen) atoms. The Morgan fingerprint density at radius 2 is 2.33 bits per heavy atom. The van der Waals surface area contributed by atoms with Crippen molar-refractivity contribution in [1.82, 2.24) is 9.78 Å². The van der Waals surface area contributed by atoms with Crippen molar-refractivity contribution in [2.45, 2.75) is 6.54 Å². The number of aromatic nitrogens is 2. The Morgan fingerprint density at radius 3 is 2.93 bits per heavy atom. The average Bonchev–Trinajstić information content (AvgIpc) is 2.55. The van der Waals surface area contributed by atoms with Crippen LogP contribution < -0.4 is 5.73 Å². The maximum Gasteiger partial charge on any atom is 0.337 e. The molecule has 3 N–H and O–H groups in total. The van der Waals surface area contributed by atoms with Crippen LogP contribution in [0.1, 0.15) is 16.1 Å². The van der Waals surface area contributed by atoms with Crippen molar-refractivity contribution in [1.29, 1.82) is 0 Å². The molecule has 1 aromatic carbocycles. The van der Waals surface area contributed by atoms with Crippen LogP contribution in [0.25, 0.3) is 10.9 Å². The van der Waals surface area contributed by atoms with E-state index in [0.29, 0.717) is 12.1 Å². The van der Waals surface area contributed by atoms with E-state index in [1.54, 1.807) is 23.9 Å². The Kier molecular flexibility index (Phi) is 2.17. The van der Waals surface area contributed by atoms with Gasteiger partial charge >= 0.3 is 5.97 Å². The van der Waals surface area contributed by atoms with Crippen molar-refractivity contribution in [2.75, 3.05) is 0 Å². The lowest BCUT2D eigenvalue weighted by Gasteiger charge is -1.99. The van der Waals surface area contributed by atoms with E-state index in [2.05, 4.69) is 5.10 Å². The molecular weight excluding hydrogens is 194 g/mol. The van der Waals surface area contributed by atoms with Gasteiger partial charge in [0.2, 0.25) is 0 Å². The number of rotatable bonds is 2. The molecule has 2 rings (SSSR count). The molecule has 5 nitrogen and oxygen atoms in total. The molecule has 0 spiro atoms. The van der Waals surface area contributed by atoms with Crippen molar-refractivity contribution in [3.63, 3.8) is 0 Å². The van der Waals surface area contributed by atoms with E-state index in [-0.39, 0.29) is 5.56 Å². The molecule has 0 atom stereocenters. The van der Waals surface area contributed by atoms with E-state index in [1.807, 2.05) is 6.07 Å². The standard InChI is InChI=1S/C10H11N3O2/c1-13-9-6(8(5-11)12-13)3-2-4-7(9)10(14)15/h2-4H,5,11H2,1H3,(H,14,15). The molecule has 1 aromatic heterocycles. The van der Waals surface area contributed by atoms with Gasteiger partial charge in [0.05, 0.1) is 16.8 Å². The molecule has 78 valence electrons. The number of para-hydroxylation sites is 1. The smallest absolute Gasteiger partial charge is 0.337 e. The van der Waals surface area contributed by atoms with Crippen LogP contribution in [0.15, 0.2) is 18.2 Å². The van der Waals surface area contributed by atoms with Crippen molar-refractivity contribution in [3.8, 4) is 0 Å². The van der Waals surface area contributed by atoms with E-state index in [4.69, 9.17) is 10.8 Å². The summed E-state index contributed by atoms with van der Waals surface area (Å²) in [5.41, 5.74) is 7.12. The summed E-state index contributed by atoms with van der Waals surface area (Å²) in [7, 11) is 1.72. The summed E-state index contributed by atoms with van der Waals surface area (Å²) < 4.78 is 1.56. The molecular formula is C10H11N3O2. The van der Waals surface area contributed by atoms with Gasteiger partial charge in [0.1, 0.15) is 0 Å². The maximum absolute atomic E-state index is 11.0. The summed E-state index contributed by atoms with van der Waals surface area (Å²) >= 11 is 0. The van der Waals surface area contributed by atoms with Gasteiger partial charge in [-0.05, 0) is 6.07 Å². The fraction of sp³-hybridized carbons (Fsp3) is 0.200. The second-order valence-electron chi connectivity index (χ2n) is 3.28. The third kappa shape index (κ3) is 1.37. The lowest BCUT2D eigenvalue weighted by Crippen LogP contribution is -2.01. The van der Waals surface area contributed by atoms with Crippen molar-refractivity contribution < 1.29 is 9.90 Å². The molecule has 0 radical (unpaired) electrons. The Balaban J connectivity index is 2.86. The van der Waals surface area contributed by atoms with Gasteiger partial charge in [-0.3, -0.25) is 4.68 Å². The predicted octanol–water partition coefficient (Wildman–Crippen LogP) is 0.730. The molecule has 0 aliphatic carbocycles. The highest BCUT2D eigenvalue weighted by molar-refractivity contribution is 6.02. The molecule has 0 bridgehead atoms. The van der Waals surface area contributed by atoms with Crippen LogP contribution in [0, 0.1) is 0 Å². The van der Waals surface area contributed by atoms with Gasteiger partial charge in [-0.2, -0.15) is 5.10 Å². The van der Waals surface area contributed by atoms with Crippen molar-refractivity contribution in [3.05, 3.63) is 29.5 Å². The first-order valence-electron chi connectivity index (χ1n) is 4.53. The van der Waals surface area contributed by atoms with Gasteiger partial charge in [0.15, 0.2) is 0 Å². The van der Waals surface area contributed by atoms with Crippen molar-refractivity contribution >= 4 is 16.9 Å². The minimum absolute atomic E-state index is 0.252. The van der Waals surface area contributed by atoms with Crippen molar-refractivity contribution in [2.24, 2.45) is 12.8 Å². The van der Waals surface area contributed by atoms with Gasteiger partial charge in [-0.1, -0.05) is 12.1 Å². The minimum Gasteiger partial charge on any atom is -0.478 e. The molecule has 2 aromatic rings. The van der Waals surface area contributed by atoms with E-state index in [0.717, 1.165) is 11.1 Å². The SMILES string of the molecule is Cn1nc(CN)c2cccc(C(=O)O)c21. The summed E-state index contributed by atoms with van der Waals surface area (Å²) in [6.07, 6.45) is 0. The second kappa shape index (κ2) is 3.36. The quantitative estimate of drug-likeness (QED) is 0.757. The first-order chi connectivity index (χ1) is 7.15. The van der Waals surface area contributed by atoms with Gasteiger partial charge < -0.3 is 10.8 Å². The molecule has 0 aliphatic heterocycles. The molecule has 0 aliphatic rings. The number of carboxylic acids is 1. The molecule has 1 heterocycles. The summed E-state index contributed by atoms with van der Waals surface area (Å²) in [5.74, 6) is -0.952. The van der Waals surface area contributed by atoms with Crippen LogP contribution in [0.3, 0.4) is 0 Å². The third-order valence-electron chi connectivity index (χ3n) is 2.37. The summed E-state index contributed by atoms with van der Waals surface area (Å²) in [4.78, 5) is 11.0. The largest absolute Gasteiger partial charge is 0.478 e. The summed E-state index contributed by atoms with van der Waals surface area (Å²) in [5, 5.41) is 14.0. The number of carboxylic acid groups (broad SMARTS) is 1. The molecule has 0 saturated heterocycles. The molecule has 5 heteroatoms. The number of carbonyl (C=O) groups is 1. The van der Waals surface area contributed by atoms with E-state index in [1.165, 1.54) is 0 Å². The van der Waals surface area contributed by atoms with E-state index in [9.17, 15) is 4.79 Å². The van der Waals surface area contributed by atoms with Gasteiger partial charge in [0.25, 0.3) is 0 Å². The average molecular weight is 205 g/mol. The minimum atomic E-state index is -0.952. The number of hydrogen-bond acceptors (Lipinski definition) is 3. The fourth-order valence-electron chi connectivity index (χ4n) is 1.73. The number of benzene rings is 1. The topological polar surface area (TPSA) is 81.1 Å². The zero-order chi connectivity index (χ0) is 11.0. The Hall–Kier alpha value is -1.88. The van der Waals surface area contributed by atoms with Crippen LogP contribution in [-0.4, -0.2) is 20.9 Å². The molecule has 0 amide bonds. The van der Waals surface area contributed by atoms with Gasteiger partial charge in [0, 0.05) is 19.0 Å². The number of nitrogens with zero attached hydrogens (tertiary/aromatic N) is 2. The summed E-state index contributed by atoms with van der Waals surface area (Å²) in [6, 6.07) is 5.09. The fourth-order valence-corrected chi connectivity index (χ4v) is 1.73. The Morgan fingerprint density at radius 1 is 1.60 bits per heavy atom. The first kappa shape index (κ1) is 9.67. The number of hydrogen-bond donors (Lipinski definition) is 2. The molecule has 0 unspecified atom stereocenters. The maximum atomic E-state index is 11.0. The Bertz CT molecular complexity index is 531. The van der Waals surface area contributed by atoms with Crippen LogP contribution in [0.2, 0.25) is 0 Å². The molecule has 0 saturated carbocycles. The number of aryl methyl sites for hydroxylation is 1.